The maximum absolute atomic E-state index is 12.7. The summed E-state index contributed by atoms with van der Waals surface area (Å²) in [5, 5.41) is 6.46. The van der Waals surface area contributed by atoms with Gasteiger partial charge in [-0.25, -0.2) is 9.78 Å². The molecule has 0 fully saturated rings. The second kappa shape index (κ2) is 8.96. The molecule has 2 N–H and O–H groups in total. The van der Waals surface area contributed by atoms with Gasteiger partial charge in [0, 0.05) is 23.5 Å². The number of urea groups is 1. The molecule has 0 atom stereocenters. The number of fused-ring (bicyclic) bond motifs is 2. The number of rotatable bonds is 5. The zero-order chi connectivity index (χ0) is 24.7. The van der Waals surface area contributed by atoms with Crippen molar-refractivity contribution >= 4 is 50.8 Å². The monoisotopic (exact) mass is 484 g/mol. The first-order chi connectivity index (χ1) is 16.8. The number of anilines is 2. The summed E-state index contributed by atoms with van der Waals surface area (Å²) in [4.78, 5) is 43.7. The van der Waals surface area contributed by atoms with Gasteiger partial charge in [-0.1, -0.05) is 19.9 Å². The Kier molecular flexibility index (Phi) is 5.82. The zero-order valence-corrected chi connectivity index (χ0v) is 20.4. The van der Waals surface area contributed by atoms with Crippen LogP contribution < -0.4 is 10.6 Å². The minimum absolute atomic E-state index is 0.172. The van der Waals surface area contributed by atoms with Crippen molar-refractivity contribution in [2.75, 3.05) is 17.2 Å². The SMILES string of the molecule is Cc1ccc2nc(-c3ccc(NC(=O)Nc4ccc5c(c4)C(=O)N(CC(C)C)C5=O)cc3)sc2c1. The quantitative estimate of drug-likeness (QED) is 0.332. The standard InChI is InChI=1S/C27H24N4O3S/c1-15(2)14-31-25(32)20-10-9-19(13-21(20)26(31)33)29-27(34)28-18-7-5-17(6-8-18)24-30-22-11-4-16(3)12-23(22)35-24/h4-13,15H,14H2,1-3H3,(H2,28,29,34). The number of hydrogen-bond acceptors (Lipinski definition) is 5. The molecule has 1 aromatic heterocycles. The van der Waals surface area contributed by atoms with Crippen molar-refractivity contribution < 1.29 is 14.4 Å². The van der Waals surface area contributed by atoms with Crippen LogP contribution in [0.4, 0.5) is 16.2 Å². The Morgan fingerprint density at radius 2 is 1.60 bits per heavy atom. The Balaban J connectivity index is 1.26. The van der Waals surface area contributed by atoms with Crippen LogP contribution >= 0.6 is 11.3 Å². The molecule has 176 valence electrons. The van der Waals surface area contributed by atoms with Crippen LogP contribution in [0.3, 0.4) is 0 Å². The molecule has 0 saturated carbocycles. The summed E-state index contributed by atoms with van der Waals surface area (Å²) in [6.45, 7) is 6.33. The molecular weight excluding hydrogens is 460 g/mol. The van der Waals surface area contributed by atoms with Crippen LogP contribution in [0.2, 0.25) is 0 Å². The summed E-state index contributed by atoms with van der Waals surface area (Å²) in [6, 6.07) is 18.0. The third-order valence-electron chi connectivity index (χ3n) is 5.71. The highest BCUT2D eigenvalue weighted by Gasteiger charge is 2.35. The van der Waals surface area contributed by atoms with Gasteiger partial charge in [0.1, 0.15) is 5.01 Å². The third-order valence-corrected chi connectivity index (χ3v) is 6.78. The first-order valence-electron chi connectivity index (χ1n) is 11.3. The van der Waals surface area contributed by atoms with Gasteiger partial charge in [0.2, 0.25) is 0 Å². The van der Waals surface area contributed by atoms with Crippen molar-refractivity contribution in [2.45, 2.75) is 20.8 Å². The predicted octanol–water partition coefficient (Wildman–Crippen LogP) is 6.17. The number of nitrogens with one attached hydrogen (secondary N) is 2. The molecule has 2 heterocycles. The van der Waals surface area contributed by atoms with E-state index < -0.39 is 6.03 Å². The second-order valence-corrected chi connectivity index (χ2v) is 10.1. The predicted molar refractivity (Wildman–Crippen MR) is 139 cm³/mol. The molecule has 0 saturated heterocycles. The highest BCUT2D eigenvalue weighted by Crippen LogP contribution is 2.31. The van der Waals surface area contributed by atoms with Crippen molar-refractivity contribution in [3.63, 3.8) is 0 Å². The summed E-state index contributed by atoms with van der Waals surface area (Å²) in [5.41, 5.74) is 4.88. The van der Waals surface area contributed by atoms with E-state index in [-0.39, 0.29) is 17.7 Å². The summed E-state index contributed by atoms with van der Waals surface area (Å²) < 4.78 is 1.14. The van der Waals surface area contributed by atoms with E-state index in [0.717, 1.165) is 20.8 Å². The van der Waals surface area contributed by atoms with Crippen molar-refractivity contribution in [3.05, 3.63) is 77.4 Å². The second-order valence-electron chi connectivity index (χ2n) is 9.02. The lowest BCUT2D eigenvalue weighted by atomic mass is 10.1. The molecule has 0 unspecified atom stereocenters. The molecular formula is C27H24N4O3S. The Hall–Kier alpha value is -4.04. The molecule has 1 aliphatic heterocycles. The maximum atomic E-state index is 12.7. The Bertz CT molecular complexity index is 1470. The Morgan fingerprint density at radius 3 is 2.34 bits per heavy atom. The highest BCUT2D eigenvalue weighted by atomic mass is 32.1. The molecule has 3 aromatic carbocycles. The molecule has 7 nitrogen and oxygen atoms in total. The zero-order valence-electron chi connectivity index (χ0n) is 19.6. The van der Waals surface area contributed by atoms with Gasteiger partial charge < -0.3 is 10.6 Å². The molecule has 4 aromatic rings. The number of benzene rings is 3. The average molecular weight is 485 g/mol. The van der Waals surface area contributed by atoms with Crippen LogP contribution in [-0.2, 0) is 0 Å². The van der Waals surface area contributed by atoms with Gasteiger partial charge in [0.05, 0.1) is 21.3 Å². The van der Waals surface area contributed by atoms with Gasteiger partial charge in [-0.05, 0) is 73.0 Å². The lowest BCUT2D eigenvalue weighted by molar-refractivity contribution is 0.0636. The molecule has 1 aliphatic rings. The fourth-order valence-electron chi connectivity index (χ4n) is 4.04. The number of imide groups is 1. The van der Waals surface area contributed by atoms with Crippen molar-refractivity contribution in [1.82, 2.24) is 9.88 Å². The lowest BCUT2D eigenvalue weighted by Crippen LogP contribution is -2.33. The van der Waals surface area contributed by atoms with E-state index in [1.165, 1.54) is 10.5 Å². The number of aryl methyl sites for hydroxylation is 1. The lowest BCUT2D eigenvalue weighted by Gasteiger charge is -2.15. The summed E-state index contributed by atoms with van der Waals surface area (Å²) in [6.07, 6.45) is 0. The normalized spacial score (nSPS) is 13.0. The van der Waals surface area contributed by atoms with Crippen molar-refractivity contribution in [2.24, 2.45) is 5.92 Å². The molecule has 0 bridgehead atoms. The van der Waals surface area contributed by atoms with Crippen LogP contribution in [0, 0.1) is 12.8 Å². The molecule has 4 amide bonds. The van der Waals surface area contributed by atoms with Crippen molar-refractivity contribution in [3.8, 4) is 10.6 Å². The van der Waals surface area contributed by atoms with Gasteiger partial charge >= 0.3 is 6.03 Å². The fourth-order valence-corrected chi connectivity index (χ4v) is 5.11. The van der Waals surface area contributed by atoms with E-state index in [0.29, 0.717) is 29.0 Å². The van der Waals surface area contributed by atoms with Crippen LogP contribution in [0.5, 0.6) is 0 Å². The van der Waals surface area contributed by atoms with Gasteiger partial charge in [0.15, 0.2) is 0 Å². The first-order valence-corrected chi connectivity index (χ1v) is 12.2. The van der Waals surface area contributed by atoms with E-state index in [2.05, 4.69) is 23.6 Å². The van der Waals surface area contributed by atoms with Crippen LogP contribution in [-0.4, -0.2) is 34.3 Å². The average Bonchev–Trinajstić information content (AvgIpc) is 3.34. The Morgan fingerprint density at radius 1 is 0.914 bits per heavy atom. The number of nitrogens with zero attached hydrogens (tertiary/aromatic N) is 2. The van der Waals surface area contributed by atoms with Gasteiger partial charge in [-0.2, -0.15) is 0 Å². The van der Waals surface area contributed by atoms with Crippen LogP contribution in [0.1, 0.15) is 40.1 Å². The minimum Gasteiger partial charge on any atom is -0.308 e. The van der Waals surface area contributed by atoms with Crippen LogP contribution in [0.25, 0.3) is 20.8 Å². The number of thiazole rings is 1. The Labute approximate surface area is 206 Å². The van der Waals surface area contributed by atoms with Crippen molar-refractivity contribution in [1.29, 1.82) is 0 Å². The third kappa shape index (κ3) is 4.52. The molecule has 0 spiro atoms. The number of aromatic nitrogens is 1. The van der Waals surface area contributed by atoms with Gasteiger partial charge in [0.25, 0.3) is 11.8 Å². The van der Waals surface area contributed by atoms with E-state index in [1.807, 2.05) is 50.2 Å². The number of carbonyl (C=O) groups excluding carboxylic acids is 3. The summed E-state index contributed by atoms with van der Waals surface area (Å²) >= 11 is 1.63. The van der Waals surface area contributed by atoms with Gasteiger partial charge in [-0.15, -0.1) is 11.3 Å². The fraction of sp³-hybridized carbons (Fsp3) is 0.185. The summed E-state index contributed by atoms with van der Waals surface area (Å²) in [7, 11) is 0. The highest BCUT2D eigenvalue weighted by molar-refractivity contribution is 7.21. The number of hydrogen-bond donors (Lipinski definition) is 2. The summed E-state index contributed by atoms with van der Waals surface area (Å²) in [5.74, 6) is -0.452. The van der Waals surface area contributed by atoms with Gasteiger partial charge in [-0.3, -0.25) is 14.5 Å². The molecule has 5 rings (SSSR count). The first kappa shape index (κ1) is 22.7. The molecule has 35 heavy (non-hydrogen) atoms. The number of carbonyl (C=O) groups is 3. The molecule has 8 heteroatoms. The molecule has 0 aliphatic carbocycles. The minimum atomic E-state index is -0.441. The molecule has 0 radical (unpaired) electrons. The smallest absolute Gasteiger partial charge is 0.308 e. The van der Waals surface area contributed by atoms with E-state index >= 15 is 0 Å². The van der Waals surface area contributed by atoms with E-state index in [9.17, 15) is 14.4 Å². The van der Waals surface area contributed by atoms with Crippen LogP contribution in [0.15, 0.2) is 60.7 Å². The van der Waals surface area contributed by atoms with E-state index in [1.54, 1.807) is 29.5 Å². The number of amides is 4. The topological polar surface area (TPSA) is 91.4 Å². The van der Waals surface area contributed by atoms with E-state index in [4.69, 9.17) is 4.98 Å². The maximum Gasteiger partial charge on any atom is 0.323 e. The largest absolute Gasteiger partial charge is 0.323 e.